The van der Waals surface area contributed by atoms with Gasteiger partial charge in [-0.2, -0.15) is 0 Å². The molecule has 0 bridgehead atoms. The highest BCUT2D eigenvalue weighted by Gasteiger charge is 2.29. The van der Waals surface area contributed by atoms with E-state index in [1.165, 1.54) is 0 Å². The van der Waals surface area contributed by atoms with Gasteiger partial charge in [-0.1, -0.05) is 6.42 Å². The van der Waals surface area contributed by atoms with E-state index in [-0.39, 0.29) is 24.1 Å². The van der Waals surface area contributed by atoms with Crippen molar-refractivity contribution in [1.82, 2.24) is 5.32 Å². The number of rotatable bonds is 4. The summed E-state index contributed by atoms with van der Waals surface area (Å²) in [5.41, 5.74) is 0. The van der Waals surface area contributed by atoms with Crippen molar-refractivity contribution in [3.05, 3.63) is 0 Å². The monoisotopic (exact) mass is 247 g/mol. The van der Waals surface area contributed by atoms with E-state index in [9.17, 15) is 13.2 Å². The molecule has 1 saturated carbocycles. The van der Waals surface area contributed by atoms with E-state index in [1.54, 1.807) is 20.8 Å². The van der Waals surface area contributed by atoms with Crippen LogP contribution in [0.15, 0.2) is 0 Å². The predicted molar refractivity (Wildman–Crippen MR) is 63.9 cm³/mol. The van der Waals surface area contributed by atoms with Crippen molar-refractivity contribution < 1.29 is 13.2 Å². The summed E-state index contributed by atoms with van der Waals surface area (Å²) in [6.45, 7) is 5.26. The standard InChI is InChI=1S/C11H21NO3S/c1-11(2,3)16(14,15)8-7-12-10(13)9-5-4-6-9/h9H,4-8H2,1-3H3,(H,12,13). The van der Waals surface area contributed by atoms with Crippen LogP contribution in [-0.2, 0) is 14.6 Å². The van der Waals surface area contributed by atoms with Gasteiger partial charge in [0.2, 0.25) is 5.91 Å². The number of sulfone groups is 1. The first-order chi connectivity index (χ1) is 7.24. The largest absolute Gasteiger partial charge is 0.355 e. The van der Waals surface area contributed by atoms with Crippen LogP contribution in [0.2, 0.25) is 0 Å². The molecule has 1 N–H and O–H groups in total. The van der Waals surface area contributed by atoms with Crippen molar-refractivity contribution in [3.8, 4) is 0 Å². The van der Waals surface area contributed by atoms with Crippen LogP contribution in [0.25, 0.3) is 0 Å². The van der Waals surface area contributed by atoms with E-state index in [2.05, 4.69) is 5.32 Å². The van der Waals surface area contributed by atoms with Gasteiger partial charge in [0.15, 0.2) is 9.84 Å². The lowest BCUT2D eigenvalue weighted by Gasteiger charge is -2.24. The Balaban J connectivity index is 2.32. The summed E-state index contributed by atoms with van der Waals surface area (Å²) >= 11 is 0. The minimum absolute atomic E-state index is 0.00959. The van der Waals surface area contributed by atoms with Gasteiger partial charge in [-0.3, -0.25) is 4.79 Å². The van der Waals surface area contributed by atoms with Gasteiger partial charge >= 0.3 is 0 Å². The molecule has 0 spiro atoms. The number of amides is 1. The van der Waals surface area contributed by atoms with Crippen LogP contribution in [0, 0.1) is 5.92 Å². The van der Waals surface area contributed by atoms with Crippen LogP contribution in [0.5, 0.6) is 0 Å². The molecule has 0 aromatic rings. The van der Waals surface area contributed by atoms with Gasteiger partial charge in [0.1, 0.15) is 0 Å². The fraction of sp³-hybridized carbons (Fsp3) is 0.909. The predicted octanol–water partition coefficient (Wildman–Crippen LogP) is 1.12. The van der Waals surface area contributed by atoms with Crippen molar-refractivity contribution in [2.24, 2.45) is 5.92 Å². The van der Waals surface area contributed by atoms with Gasteiger partial charge in [0.05, 0.1) is 10.5 Å². The van der Waals surface area contributed by atoms with Gasteiger partial charge in [0.25, 0.3) is 0 Å². The smallest absolute Gasteiger partial charge is 0.223 e. The number of carbonyl (C=O) groups excluding carboxylic acids is 1. The molecule has 16 heavy (non-hydrogen) atoms. The lowest BCUT2D eigenvalue weighted by molar-refractivity contribution is -0.127. The van der Waals surface area contributed by atoms with E-state index in [0.717, 1.165) is 19.3 Å². The Hall–Kier alpha value is -0.580. The van der Waals surface area contributed by atoms with E-state index in [1.807, 2.05) is 0 Å². The molecule has 94 valence electrons. The first-order valence-corrected chi connectivity index (χ1v) is 7.39. The Morgan fingerprint density at radius 3 is 2.25 bits per heavy atom. The molecular formula is C11H21NO3S. The van der Waals surface area contributed by atoms with Gasteiger partial charge < -0.3 is 5.32 Å². The Kier molecular flexibility index (Phi) is 3.99. The molecule has 0 atom stereocenters. The molecule has 4 nitrogen and oxygen atoms in total. The van der Waals surface area contributed by atoms with Gasteiger partial charge in [0, 0.05) is 12.5 Å². The van der Waals surface area contributed by atoms with Crippen LogP contribution in [0.1, 0.15) is 40.0 Å². The quantitative estimate of drug-likeness (QED) is 0.809. The third kappa shape index (κ3) is 3.20. The normalized spacial score (nSPS) is 17.9. The zero-order valence-corrected chi connectivity index (χ0v) is 11.1. The summed E-state index contributed by atoms with van der Waals surface area (Å²) in [5, 5.41) is 2.69. The molecule has 0 aromatic carbocycles. The second-order valence-corrected chi connectivity index (χ2v) is 8.21. The van der Waals surface area contributed by atoms with Gasteiger partial charge in [-0.25, -0.2) is 8.42 Å². The van der Waals surface area contributed by atoms with E-state index >= 15 is 0 Å². The second-order valence-electron chi connectivity index (χ2n) is 5.35. The highest BCUT2D eigenvalue weighted by Crippen LogP contribution is 2.26. The third-order valence-corrected chi connectivity index (χ3v) is 5.69. The Morgan fingerprint density at radius 2 is 1.88 bits per heavy atom. The number of carbonyl (C=O) groups is 1. The molecule has 1 rings (SSSR count). The van der Waals surface area contributed by atoms with Crippen LogP contribution in [0.4, 0.5) is 0 Å². The van der Waals surface area contributed by atoms with Crippen LogP contribution >= 0.6 is 0 Å². The van der Waals surface area contributed by atoms with Crippen molar-refractivity contribution in [1.29, 1.82) is 0 Å². The molecule has 1 fully saturated rings. The number of nitrogens with one attached hydrogen (secondary N) is 1. The molecule has 1 aliphatic carbocycles. The molecular weight excluding hydrogens is 226 g/mol. The summed E-state index contributed by atoms with van der Waals surface area (Å²) < 4.78 is 22.7. The molecule has 1 amide bonds. The van der Waals surface area contributed by atoms with E-state index in [4.69, 9.17) is 0 Å². The lowest BCUT2D eigenvalue weighted by atomic mass is 9.85. The van der Waals surface area contributed by atoms with Crippen molar-refractivity contribution in [3.63, 3.8) is 0 Å². The number of hydrogen-bond donors (Lipinski definition) is 1. The van der Waals surface area contributed by atoms with Crippen molar-refractivity contribution in [2.45, 2.75) is 44.8 Å². The minimum atomic E-state index is -3.12. The summed E-state index contributed by atoms with van der Waals surface area (Å²) in [6, 6.07) is 0. The Labute approximate surface area is 97.7 Å². The fourth-order valence-corrected chi connectivity index (χ4v) is 2.41. The summed E-state index contributed by atoms with van der Waals surface area (Å²) in [5.74, 6) is 0.155. The topological polar surface area (TPSA) is 63.2 Å². The first-order valence-electron chi connectivity index (χ1n) is 5.74. The summed E-state index contributed by atoms with van der Waals surface area (Å²) in [4.78, 5) is 11.5. The molecule has 0 aromatic heterocycles. The number of hydrogen-bond acceptors (Lipinski definition) is 3. The average molecular weight is 247 g/mol. The molecule has 0 radical (unpaired) electrons. The molecule has 0 unspecified atom stereocenters. The third-order valence-electron chi connectivity index (χ3n) is 3.08. The average Bonchev–Trinajstić information content (AvgIpc) is 1.97. The van der Waals surface area contributed by atoms with Crippen LogP contribution < -0.4 is 5.32 Å². The van der Waals surface area contributed by atoms with E-state index in [0.29, 0.717) is 0 Å². The molecule has 0 saturated heterocycles. The van der Waals surface area contributed by atoms with Crippen LogP contribution in [0.3, 0.4) is 0 Å². The maximum absolute atomic E-state index is 11.7. The maximum atomic E-state index is 11.7. The van der Waals surface area contributed by atoms with E-state index < -0.39 is 14.6 Å². The maximum Gasteiger partial charge on any atom is 0.223 e. The van der Waals surface area contributed by atoms with Gasteiger partial charge in [-0.05, 0) is 33.6 Å². The molecule has 0 aliphatic heterocycles. The Morgan fingerprint density at radius 1 is 1.31 bits per heavy atom. The highest BCUT2D eigenvalue weighted by atomic mass is 32.2. The second kappa shape index (κ2) is 4.73. The minimum Gasteiger partial charge on any atom is -0.355 e. The summed E-state index contributed by atoms with van der Waals surface area (Å²) in [6.07, 6.45) is 2.99. The fourth-order valence-electron chi connectivity index (χ4n) is 1.43. The van der Waals surface area contributed by atoms with Crippen LogP contribution in [-0.4, -0.2) is 31.4 Å². The highest BCUT2D eigenvalue weighted by molar-refractivity contribution is 7.92. The van der Waals surface area contributed by atoms with Crippen molar-refractivity contribution in [2.75, 3.05) is 12.3 Å². The first kappa shape index (κ1) is 13.5. The molecule has 1 aliphatic rings. The zero-order chi connectivity index (χ0) is 12.4. The zero-order valence-electron chi connectivity index (χ0n) is 10.2. The van der Waals surface area contributed by atoms with Crippen molar-refractivity contribution >= 4 is 15.7 Å². The molecule has 5 heteroatoms. The van der Waals surface area contributed by atoms with Gasteiger partial charge in [-0.15, -0.1) is 0 Å². The lowest BCUT2D eigenvalue weighted by Crippen LogP contribution is -2.40. The molecule has 0 heterocycles. The summed E-state index contributed by atoms with van der Waals surface area (Å²) in [7, 11) is -3.12. The SMILES string of the molecule is CC(C)(C)S(=O)(=O)CCNC(=O)C1CCC1. The Bertz CT molecular complexity index is 350.